The fraction of sp³-hybridized carbons (Fsp3) is 0.421. The largest absolute Gasteiger partial charge is 0.491 e. The van der Waals surface area contributed by atoms with E-state index in [2.05, 4.69) is 9.97 Å². The van der Waals surface area contributed by atoms with Crippen molar-refractivity contribution in [2.45, 2.75) is 32.5 Å². The van der Waals surface area contributed by atoms with Gasteiger partial charge < -0.3 is 19.1 Å². The van der Waals surface area contributed by atoms with Crippen LogP contribution in [0.15, 0.2) is 36.7 Å². The number of ether oxygens (including phenoxy) is 3. The van der Waals surface area contributed by atoms with E-state index >= 15 is 0 Å². The molecule has 1 aromatic heterocycles. The summed E-state index contributed by atoms with van der Waals surface area (Å²) in [6, 6.07) is 7.23. The molecule has 0 N–H and O–H groups in total. The van der Waals surface area contributed by atoms with Crippen LogP contribution in [0.1, 0.15) is 30.6 Å². The third kappa shape index (κ3) is 4.22. The lowest BCUT2D eigenvalue weighted by Gasteiger charge is -2.18. The first-order chi connectivity index (χ1) is 12.6. The number of nitrogens with zero attached hydrogens (tertiary/aromatic N) is 3. The van der Waals surface area contributed by atoms with E-state index in [1.54, 1.807) is 29.4 Å². The maximum Gasteiger partial charge on any atom is 0.278 e. The van der Waals surface area contributed by atoms with Gasteiger partial charge in [0.25, 0.3) is 17.7 Å². The lowest BCUT2D eigenvalue weighted by atomic mass is 10.2. The lowest BCUT2D eigenvalue weighted by Crippen LogP contribution is -2.31. The molecule has 2 heterocycles. The fourth-order valence-electron chi connectivity index (χ4n) is 2.83. The van der Waals surface area contributed by atoms with Gasteiger partial charge in [-0.25, -0.2) is 9.97 Å². The Hall–Kier alpha value is -2.83. The Kier molecular flexibility index (Phi) is 5.55. The molecule has 7 nitrogen and oxygen atoms in total. The Morgan fingerprint density at radius 3 is 2.50 bits per heavy atom. The van der Waals surface area contributed by atoms with Crippen LogP contribution in [0.3, 0.4) is 0 Å². The van der Waals surface area contributed by atoms with Crippen LogP contribution in [-0.4, -0.2) is 53.2 Å². The number of carbonyl (C=O) groups is 1. The fourth-order valence-corrected chi connectivity index (χ4v) is 2.83. The zero-order chi connectivity index (χ0) is 18.5. The highest BCUT2D eigenvalue weighted by atomic mass is 16.5. The average molecular weight is 357 g/mol. The summed E-state index contributed by atoms with van der Waals surface area (Å²) in [7, 11) is 1.52. The predicted octanol–water partition coefficient (Wildman–Crippen LogP) is 2.57. The number of rotatable bonds is 6. The van der Waals surface area contributed by atoms with Gasteiger partial charge in [0.1, 0.15) is 11.9 Å². The summed E-state index contributed by atoms with van der Waals surface area (Å²) in [6.45, 7) is 5.07. The summed E-state index contributed by atoms with van der Waals surface area (Å²) >= 11 is 0. The Balaban J connectivity index is 1.60. The van der Waals surface area contributed by atoms with Gasteiger partial charge in [0, 0.05) is 30.9 Å². The molecule has 26 heavy (non-hydrogen) atoms. The Labute approximate surface area is 152 Å². The standard InChI is InChI=1S/C19H23N3O4/c1-13(2)25-15-6-4-14(5-7-15)19(23)22-11-8-16(12-22)26-18-17(24-3)20-9-10-21-18/h4-7,9-10,13,16H,8,11-12H2,1-3H3. The molecule has 1 fully saturated rings. The number of hydrogen-bond acceptors (Lipinski definition) is 6. The third-order valence-electron chi connectivity index (χ3n) is 4.01. The quantitative estimate of drug-likeness (QED) is 0.791. The van der Waals surface area contributed by atoms with Crippen molar-refractivity contribution in [1.29, 1.82) is 0 Å². The van der Waals surface area contributed by atoms with E-state index in [1.807, 2.05) is 26.0 Å². The van der Waals surface area contributed by atoms with Crippen LogP contribution in [0.4, 0.5) is 0 Å². The highest BCUT2D eigenvalue weighted by molar-refractivity contribution is 5.94. The minimum Gasteiger partial charge on any atom is -0.491 e. The van der Waals surface area contributed by atoms with Gasteiger partial charge in [0.15, 0.2) is 0 Å². The van der Waals surface area contributed by atoms with Crippen molar-refractivity contribution in [2.24, 2.45) is 0 Å². The molecule has 0 saturated carbocycles. The second-order valence-corrected chi connectivity index (χ2v) is 6.34. The zero-order valence-corrected chi connectivity index (χ0v) is 15.2. The van der Waals surface area contributed by atoms with Crippen molar-refractivity contribution in [2.75, 3.05) is 20.2 Å². The molecule has 1 aromatic carbocycles. The molecule has 1 saturated heterocycles. The number of likely N-dealkylation sites (tertiary alicyclic amines) is 1. The van der Waals surface area contributed by atoms with Gasteiger partial charge in [-0.05, 0) is 38.1 Å². The summed E-state index contributed by atoms with van der Waals surface area (Å²) in [5.74, 6) is 1.44. The monoisotopic (exact) mass is 357 g/mol. The van der Waals surface area contributed by atoms with Gasteiger partial charge in [-0.2, -0.15) is 0 Å². The molecular formula is C19H23N3O4. The molecule has 1 amide bonds. The zero-order valence-electron chi connectivity index (χ0n) is 15.2. The van der Waals surface area contributed by atoms with Crippen LogP contribution in [0.2, 0.25) is 0 Å². The maximum atomic E-state index is 12.7. The molecule has 7 heteroatoms. The second-order valence-electron chi connectivity index (χ2n) is 6.34. The number of carbonyl (C=O) groups excluding carboxylic acids is 1. The summed E-state index contributed by atoms with van der Waals surface area (Å²) in [4.78, 5) is 22.7. The first kappa shape index (κ1) is 18.0. The number of amides is 1. The molecule has 0 radical (unpaired) electrons. The second kappa shape index (κ2) is 8.03. The smallest absolute Gasteiger partial charge is 0.278 e. The van der Waals surface area contributed by atoms with Crippen molar-refractivity contribution >= 4 is 5.91 Å². The Morgan fingerprint density at radius 1 is 1.15 bits per heavy atom. The molecular weight excluding hydrogens is 334 g/mol. The number of methoxy groups -OCH3 is 1. The van der Waals surface area contributed by atoms with E-state index < -0.39 is 0 Å². The Bertz CT molecular complexity index is 749. The first-order valence-corrected chi connectivity index (χ1v) is 8.64. The number of hydrogen-bond donors (Lipinski definition) is 0. The van der Waals surface area contributed by atoms with Crippen LogP contribution in [-0.2, 0) is 0 Å². The van der Waals surface area contributed by atoms with Gasteiger partial charge in [-0.1, -0.05) is 0 Å². The number of benzene rings is 1. The van der Waals surface area contributed by atoms with Crippen LogP contribution in [0.25, 0.3) is 0 Å². The first-order valence-electron chi connectivity index (χ1n) is 8.64. The molecule has 2 aromatic rings. The van der Waals surface area contributed by atoms with Crippen molar-refractivity contribution in [3.05, 3.63) is 42.2 Å². The van der Waals surface area contributed by atoms with Gasteiger partial charge in [-0.3, -0.25) is 4.79 Å². The minimum atomic E-state index is -0.131. The highest BCUT2D eigenvalue weighted by Gasteiger charge is 2.29. The van der Waals surface area contributed by atoms with Gasteiger partial charge in [-0.15, -0.1) is 0 Å². The van der Waals surface area contributed by atoms with Crippen molar-refractivity contribution < 1.29 is 19.0 Å². The summed E-state index contributed by atoms with van der Waals surface area (Å²) < 4.78 is 16.6. The predicted molar refractivity (Wildman–Crippen MR) is 95.7 cm³/mol. The summed E-state index contributed by atoms with van der Waals surface area (Å²) in [5.41, 5.74) is 0.638. The molecule has 138 valence electrons. The molecule has 0 spiro atoms. The molecule has 1 atom stereocenters. The number of aromatic nitrogens is 2. The van der Waals surface area contributed by atoms with E-state index in [0.29, 0.717) is 30.4 Å². The van der Waals surface area contributed by atoms with E-state index in [4.69, 9.17) is 14.2 Å². The van der Waals surface area contributed by atoms with Crippen LogP contribution < -0.4 is 14.2 Å². The van der Waals surface area contributed by atoms with Crippen molar-refractivity contribution in [3.8, 4) is 17.5 Å². The van der Waals surface area contributed by atoms with Gasteiger partial charge in [0.05, 0.1) is 19.8 Å². The SMILES string of the molecule is COc1nccnc1OC1CCN(C(=O)c2ccc(OC(C)C)cc2)C1. The van der Waals surface area contributed by atoms with Crippen molar-refractivity contribution in [3.63, 3.8) is 0 Å². The third-order valence-corrected chi connectivity index (χ3v) is 4.01. The van der Waals surface area contributed by atoms with Crippen LogP contribution >= 0.6 is 0 Å². The summed E-state index contributed by atoms with van der Waals surface area (Å²) in [6.07, 6.45) is 3.80. The van der Waals surface area contributed by atoms with E-state index in [9.17, 15) is 4.79 Å². The summed E-state index contributed by atoms with van der Waals surface area (Å²) in [5, 5.41) is 0. The molecule has 1 aliphatic rings. The maximum absolute atomic E-state index is 12.7. The molecule has 1 unspecified atom stereocenters. The average Bonchev–Trinajstić information content (AvgIpc) is 3.10. The van der Waals surface area contributed by atoms with E-state index in [1.165, 1.54) is 7.11 Å². The van der Waals surface area contributed by atoms with Crippen LogP contribution in [0.5, 0.6) is 17.5 Å². The lowest BCUT2D eigenvalue weighted by molar-refractivity contribution is 0.0770. The van der Waals surface area contributed by atoms with Crippen molar-refractivity contribution in [1.82, 2.24) is 14.9 Å². The van der Waals surface area contributed by atoms with Gasteiger partial charge >= 0.3 is 0 Å². The normalized spacial score (nSPS) is 16.6. The van der Waals surface area contributed by atoms with Crippen LogP contribution in [0, 0.1) is 0 Å². The molecule has 1 aliphatic heterocycles. The molecule has 0 aliphatic carbocycles. The minimum absolute atomic E-state index is 0.0155. The topological polar surface area (TPSA) is 73.8 Å². The van der Waals surface area contributed by atoms with Gasteiger partial charge in [0.2, 0.25) is 0 Å². The molecule has 0 bridgehead atoms. The highest BCUT2D eigenvalue weighted by Crippen LogP contribution is 2.25. The molecule has 3 rings (SSSR count). The Morgan fingerprint density at radius 2 is 1.85 bits per heavy atom. The van der Waals surface area contributed by atoms with E-state index in [0.717, 1.165) is 12.2 Å². The van der Waals surface area contributed by atoms with E-state index in [-0.39, 0.29) is 18.1 Å².